The zero-order valence-electron chi connectivity index (χ0n) is 13.1. The number of amides is 1. The molecule has 1 heterocycles. The van der Waals surface area contributed by atoms with Crippen molar-refractivity contribution in [3.05, 3.63) is 69.3 Å². The van der Waals surface area contributed by atoms with Gasteiger partial charge in [-0.2, -0.15) is 0 Å². The summed E-state index contributed by atoms with van der Waals surface area (Å²) in [6, 6.07) is 12.1. The molecule has 0 unspecified atom stereocenters. The molecule has 1 fully saturated rings. The van der Waals surface area contributed by atoms with Crippen LogP contribution in [0.2, 0.25) is 5.02 Å². The maximum absolute atomic E-state index is 13.9. The molecule has 24 heavy (non-hydrogen) atoms. The molecule has 122 valence electrons. The van der Waals surface area contributed by atoms with Crippen LogP contribution in [0, 0.1) is 12.7 Å². The summed E-state index contributed by atoms with van der Waals surface area (Å²) in [5.41, 5.74) is 2.10. The van der Waals surface area contributed by atoms with Gasteiger partial charge < -0.3 is 0 Å². The first kappa shape index (κ1) is 16.7. The molecular weight excluding hydrogens is 347 g/mol. The largest absolute Gasteiger partial charge is 0.290 e. The minimum absolute atomic E-state index is 0.208. The van der Waals surface area contributed by atoms with Crippen molar-refractivity contribution < 1.29 is 9.18 Å². The Labute approximate surface area is 148 Å². The van der Waals surface area contributed by atoms with Gasteiger partial charge in [0.15, 0.2) is 5.17 Å². The van der Waals surface area contributed by atoms with Crippen molar-refractivity contribution in [3.63, 3.8) is 0 Å². The highest BCUT2D eigenvalue weighted by atomic mass is 35.5. The second kappa shape index (κ2) is 6.79. The summed E-state index contributed by atoms with van der Waals surface area (Å²) in [6.07, 6.45) is 1.47. The summed E-state index contributed by atoms with van der Waals surface area (Å²) in [6.45, 7) is 2.00. The van der Waals surface area contributed by atoms with E-state index in [9.17, 15) is 9.18 Å². The van der Waals surface area contributed by atoms with Crippen LogP contribution < -0.4 is 0 Å². The van der Waals surface area contributed by atoms with Gasteiger partial charge in [-0.05, 0) is 49.0 Å². The van der Waals surface area contributed by atoms with Crippen LogP contribution in [-0.4, -0.2) is 23.0 Å². The van der Waals surface area contributed by atoms with Crippen molar-refractivity contribution in [2.45, 2.75) is 6.92 Å². The molecule has 0 aliphatic carbocycles. The van der Waals surface area contributed by atoms with Crippen LogP contribution in [0.25, 0.3) is 6.08 Å². The van der Waals surface area contributed by atoms with Gasteiger partial charge in [0, 0.05) is 12.6 Å². The Morgan fingerprint density at radius 3 is 2.58 bits per heavy atom. The molecule has 3 rings (SSSR count). The van der Waals surface area contributed by atoms with Gasteiger partial charge in [0.2, 0.25) is 0 Å². The lowest BCUT2D eigenvalue weighted by Crippen LogP contribution is -2.23. The summed E-state index contributed by atoms with van der Waals surface area (Å²) in [4.78, 5) is 18.7. The van der Waals surface area contributed by atoms with Gasteiger partial charge in [-0.1, -0.05) is 35.4 Å². The van der Waals surface area contributed by atoms with Crippen LogP contribution in [0.5, 0.6) is 0 Å². The summed E-state index contributed by atoms with van der Waals surface area (Å²) in [5, 5.41) is 0.810. The van der Waals surface area contributed by atoms with E-state index in [2.05, 4.69) is 4.99 Å². The molecule has 3 nitrogen and oxygen atoms in total. The zero-order valence-corrected chi connectivity index (χ0v) is 14.7. The van der Waals surface area contributed by atoms with Crippen molar-refractivity contribution in [1.29, 1.82) is 0 Å². The lowest BCUT2D eigenvalue weighted by atomic mass is 10.2. The van der Waals surface area contributed by atoms with Crippen molar-refractivity contribution >= 4 is 46.2 Å². The predicted octanol–water partition coefficient (Wildman–Crippen LogP) is 5.02. The molecule has 0 N–H and O–H groups in total. The van der Waals surface area contributed by atoms with Gasteiger partial charge in [0.05, 0.1) is 15.6 Å². The SMILES string of the molecule is Cc1ccc(N=C2S/C(=C/c3c(F)cccc3Cl)C(=O)N2C)cc1. The first-order valence-electron chi connectivity index (χ1n) is 7.22. The van der Waals surface area contributed by atoms with Crippen molar-refractivity contribution in [2.24, 2.45) is 4.99 Å². The molecular formula is C18H14ClFN2OS. The molecule has 0 bridgehead atoms. The number of likely N-dealkylation sites (N-methyl/N-ethyl adjacent to an activating group) is 1. The molecule has 0 saturated carbocycles. The third kappa shape index (κ3) is 3.37. The number of carbonyl (C=O) groups is 1. The van der Waals surface area contributed by atoms with Gasteiger partial charge in [-0.25, -0.2) is 9.38 Å². The van der Waals surface area contributed by atoms with Crippen LogP contribution in [0.3, 0.4) is 0 Å². The second-order valence-corrected chi connectivity index (χ2v) is 6.76. The van der Waals surface area contributed by atoms with Crippen LogP contribution >= 0.6 is 23.4 Å². The van der Waals surface area contributed by atoms with E-state index in [0.717, 1.165) is 11.3 Å². The third-order valence-corrected chi connectivity index (χ3v) is 4.93. The maximum atomic E-state index is 13.9. The van der Waals surface area contributed by atoms with Gasteiger partial charge in [-0.15, -0.1) is 0 Å². The number of rotatable bonds is 2. The number of amidine groups is 1. The molecule has 0 radical (unpaired) electrons. The monoisotopic (exact) mass is 360 g/mol. The third-order valence-electron chi connectivity index (χ3n) is 3.54. The molecule has 2 aromatic carbocycles. The fraction of sp³-hybridized carbons (Fsp3) is 0.111. The average molecular weight is 361 g/mol. The number of hydrogen-bond acceptors (Lipinski definition) is 3. The number of halogens is 2. The maximum Gasteiger partial charge on any atom is 0.266 e. The van der Waals surface area contributed by atoms with Crippen LogP contribution in [-0.2, 0) is 4.79 Å². The second-order valence-electron chi connectivity index (χ2n) is 5.34. The zero-order chi connectivity index (χ0) is 17.3. The van der Waals surface area contributed by atoms with Crippen molar-refractivity contribution in [1.82, 2.24) is 4.90 Å². The number of nitrogens with zero attached hydrogens (tertiary/aromatic N) is 2. The summed E-state index contributed by atoms with van der Waals surface area (Å²) in [5.74, 6) is -0.694. The van der Waals surface area contributed by atoms with E-state index < -0.39 is 5.82 Å². The predicted molar refractivity (Wildman–Crippen MR) is 98.0 cm³/mol. The number of aliphatic imine (C=N–C) groups is 1. The fourth-order valence-corrected chi connectivity index (χ4v) is 3.35. The highest BCUT2D eigenvalue weighted by Gasteiger charge is 2.30. The van der Waals surface area contributed by atoms with Crippen LogP contribution in [0.1, 0.15) is 11.1 Å². The Morgan fingerprint density at radius 2 is 1.92 bits per heavy atom. The first-order chi connectivity index (χ1) is 11.5. The lowest BCUT2D eigenvalue weighted by molar-refractivity contribution is -0.121. The molecule has 6 heteroatoms. The minimum Gasteiger partial charge on any atom is -0.290 e. The highest BCUT2D eigenvalue weighted by Crippen LogP contribution is 2.34. The molecule has 1 aliphatic heterocycles. The summed E-state index contributed by atoms with van der Waals surface area (Å²) in [7, 11) is 1.64. The van der Waals surface area contributed by atoms with Gasteiger partial charge in [-0.3, -0.25) is 9.69 Å². The quantitative estimate of drug-likeness (QED) is 0.704. The smallest absolute Gasteiger partial charge is 0.266 e. The minimum atomic E-state index is -0.463. The van der Waals surface area contributed by atoms with Crippen molar-refractivity contribution in [2.75, 3.05) is 7.05 Å². The molecule has 2 aromatic rings. The van der Waals surface area contributed by atoms with E-state index in [1.165, 1.54) is 34.9 Å². The van der Waals surface area contributed by atoms with E-state index in [1.807, 2.05) is 31.2 Å². The first-order valence-corrected chi connectivity index (χ1v) is 8.42. The van der Waals surface area contributed by atoms with Crippen LogP contribution in [0.4, 0.5) is 10.1 Å². The Balaban J connectivity index is 1.94. The summed E-state index contributed by atoms with van der Waals surface area (Å²) >= 11 is 7.22. The van der Waals surface area contributed by atoms with E-state index in [4.69, 9.17) is 11.6 Å². The molecule has 0 spiro atoms. The Hall–Kier alpha value is -2.11. The van der Waals surface area contributed by atoms with Gasteiger partial charge in [0.1, 0.15) is 5.82 Å². The number of aryl methyl sites for hydroxylation is 1. The summed E-state index contributed by atoms with van der Waals surface area (Å²) < 4.78 is 13.9. The van der Waals surface area contributed by atoms with Crippen molar-refractivity contribution in [3.8, 4) is 0 Å². The standard InChI is InChI=1S/C18H14ClFN2OS/c1-11-6-8-12(9-7-11)21-18-22(2)17(23)16(24-18)10-13-14(19)4-3-5-15(13)20/h3-10H,1-2H3/b16-10+,21-18?. The van der Waals surface area contributed by atoms with Crippen LogP contribution in [0.15, 0.2) is 52.4 Å². The fourth-order valence-electron chi connectivity index (χ4n) is 2.16. The highest BCUT2D eigenvalue weighted by molar-refractivity contribution is 8.18. The number of carbonyl (C=O) groups excluding carboxylic acids is 1. The normalized spacial score (nSPS) is 18.0. The molecule has 1 amide bonds. The average Bonchev–Trinajstić information content (AvgIpc) is 2.81. The Bertz CT molecular complexity index is 842. The number of benzene rings is 2. The van der Waals surface area contributed by atoms with E-state index in [0.29, 0.717) is 10.1 Å². The molecule has 0 atom stereocenters. The lowest BCUT2D eigenvalue weighted by Gasteiger charge is -2.07. The van der Waals surface area contributed by atoms with E-state index in [1.54, 1.807) is 13.1 Å². The van der Waals surface area contributed by atoms with Gasteiger partial charge >= 0.3 is 0 Å². The number of thioether (sulfide) groups is 1. The Kier molecular flexibility index (Phi) is 4.73. The van der Waals surface area contributed by atoms with E-state index in [-0.39, 0.29) is 16.5 Å². The van der Waals surface area contributed by atoms with E-state index >= 15 is 0 Å². The molecule has 1 saturated heterocycles. The Morgan fingerprint density at radius 1 is 1.21 bits per heavy atom. The van der Waals surface area contributed by atoms with Gasteiger partial charge in [0.25, 0.3) is 5.91 Å². The molecule has 1 aliphatic rings. The topological polar surface area (TPSA) is 32.7 Å². The molecule has 0 aromatic heterocycles. The number of hydrogen-bond donors (Lipinski definition) is 0.